The fraction of sp³-hybridized carbons (Fsp3) is 0.111. The molecule has 0 saturated carbocycles. The maximum absolute atomic E-state index is 12.8. The minimum Gasteiger partial charge on any atom is -0.495 e. The highest BCUT2D eigenvalue weighted by atomic mass is 35.5. The molecule has 132 valence electrons. The van der Waals surface area contributed by atoms with E-state index in [0.717, 1.165) is 5.56 Å². The van der Waals surface area contributed by atoms with E-state index in [0.29, 0.717) is 37.2 Å². The molecule has 2 aromatic carbocycles. The number of thioether (sulfide) groups is 1. The van der Waals surface area contributed by atoms with Crippen LogP contribution in [0.25, 0.3) is 6.08 Å². The number of methoxy groups -OCH3 is 1. The lowest BCUT2D eigenvalue weighted by Crippen LogP contribution is -2.27. The number of hydrogen-bond donors (Lipinski definition) is 0. The van der Waals surface area contributed by atoms with E-state index in [1.807, 2.05) is 18.2 Å². The molecular formula is C18H12ClNO4S2. The van der Waals surface area contributed by atoms with E-state index in [-0.39, 0.29) is 12.7 Å². The first-order chi connectivity index (χ1) is 12.6. The molecule has 0 spiro atoms. The molecule has 1 fully saturated rings. The number of hydrogen-bond acceptors (Lipinski definition) is 6. The van der Waals surface area contributed by atoms with Crippen LogP contribution in [0.3, 0.4) is 0 Å². The predicted molar refractivity (Wildman–Crippen MR) is 106 cm³/mol. The minimum atomic E-state index is -0.195. The van der Waals surface area contributed by atoms with Gasteiger partial charge in [-0.15, -0.1) is 0 Å². The number of thiocarbonyl (C=S) groups is 1. The summed E-state index contributed by atoms with van der Waals surface area (Å²) in [5, 5.41) is 0.416. The third-order valence-electron chi connectivity index (χ3n) is 3.88. The number of rotatable bonds is 3. The molecule has 1 amide bonds. The average Bonchev–Trinajstić information content (AvgIpc) is 3.19. The molecule has 2 aromatic rings. The Labute approximate surface area is 164 Å². The van der Waals surface area contributed by atoms with Crippen LogP contribution >= 0.6 is 35.6 Å². The molecular weight excluding hydrogens is 394 g/mol. The lowest BCUT2D eigenvalue weighted by Gasteiger charge is -2.15. The summed E-state index contributed by atoms with van der Waals surface area (Å²) in [7, 11) is 1.54. The maximum Gasteiger partial charge on any atom is 0.270 e. The van der Waals surface area contributed by atoms with Gasteiger partial charge in [0.25, 0.3) is 5.91 Å². The van der Waals surface area contributed by atoms with Crippen molar-refractivity contribution in [1.82, 2.24) is 0 Å². The normalized spacial score (nSPS) is 17.3. The fourth-order valence-electron chi connectivity index (χ4n) is 2.64. The summed E-state index contributed by atoms with van der Waals surface area (Å²) in [5.74, 6) is 1.70. The molecule has 4 rings (SSSR count). The number of amides is 1. The smallest absolute Gasteiger partial charge is 0.270 e. The third kappa shape index (κ3) is 3.02. The van der Waals surface area contributed by atoms with E-state index in [2.05, 4.69) is 0 Å². The molecule has 0 atom stereocenters. The zero-order valence-corrected chi connectivity index (χ0v) is 15.9. The molecule has 2 heterocycles. The minimum absolute atomic E-state index is 0.195. The number of anilines is 1. The van der Waals surface area contributed by atoms with Crippen molar-refractivity contribution in [1.29, 1.82) is 0 Å². The molecule has 1 saturated heterocycles. The number of ether oxygens (including phenoxy) is 3. The Morgan fingerprint density at radius 3 is 2.81 bits per heavy atom. The molecule has 0 aliphatic carbocycles. The number of nitrogens with zero attached hydrogens (tertiary/aromatic N) is 1. The van der Waals surface area contributed by atoms with E-state index in [9.17, 15) is 4.79 Å². The van der Waals surface area contributed by atoms with Gasteiger partial charge in [0.1, 0.15) is 5.75 Å². The van der Waals surface area contributed by atoms with Gasteiger partial charge in [-0.25, -0.2) is 0 Å². The number of benzene rings is 2. The van der Waals surface area contributed by atoms with E-state index >= 15 is 0 Å². The van der Waals surface area contributed by atoms with Crippen molar-refractivity contribution in [2.75, 3.05) is 18.8 Å². The summed E-state index contributed by atoms with van der Waals surface area (Å²) in [4.78, 5) is 14.8. The molecule has 0 N–H and O–H groups in total. The molecule has 5 nitrogen and oxygen atoms in total. The van der Waals surface area contributed by atoms with Gasteiger partial charge in [0.15, 0.2) is 15.8 Å². The van der Waals surface area contributed by atoms with Crippen LogP contribution < -0.4 is 19.1 Å². The maximum atomic E-state index is 12.8. The van der Waals surface area contributed by atoms with E-state index < -0.39 is 0 Å². The fourth-order valence-corrected chi connectivity index (χ4v) is 4.19. The first-order valence-electron chi connectivity index (χ1n) is 7.58. The zero-order chi connectivity index (χ0) is 18.3. The Morgan fingerprint density at radius 1 is 1.23 bits per heavy atom. The van der Waals surface area contributed by atoms with Crippen LogP contribution in [0, 0.1) is 0 Å². The van der Waals surface area contributed by atoms with Crippen LogP contribution in [0.4, 0.5) is 5.69 Å². The van der Waals surface area contributed by atoms with Crippen molar-refractivity contribution in [2.24, 2.45) is 0 Å². The van der Waals surface area contributed by atoms with Crippen molar-refractivity contribution in [3.63, 3.8) is 0 Å². The van der Waals surface area contributed by atoms with Gasteiger partial charge in [-0.05, 0) is 42.0 Å². The summed E-state index contributed by atoms with van der Waals surface area (Å²) in [6.45, 7) is 0.207. The summed E-state index contributed by atoms with van der Waals surface area (Å²) in [6, 6.07) is 10.6. The van der Waals surface area contributed by atoms with Crippen molar-refractivity contribution >= 4 is 57.6 Å². The van der Waals surface area contributed by atoms with Gasteiger partial charge in [0, 0.05) is 0 Å². The van der Waals surface area contributed by atoms with Gasteiger partial charge in [0.05, 0.1) is 22.7 Å². The second-order valence-electron chi connectivity index (χ2n) is 5.45. The van der Waals surface area contributed by atoms with Crippen molar-refractivity contribution in [3.8, 4) is 17.2 Å². The Bertz CT molecular complexity index is 960. The van der Waals surface area contributed by atoms with Crippen LogP contribution in [0.15, 0.2) is 41.3 Å². The van der Waals surface area contributed by atoms with Gasteiger partial charge in [-0.1, -0.05) is 41.6 Å². The average molecular weight is 406 g/mol. The first-order valence-corrected chi connectivity index (χ1v) is 9.18. The lowest BCUT2D eigenvalue weighted by molar-refractivity contribution is -0.113. The lowest BCUT2D eigenvalue weighted by atomic mass is 10.2. The van der Waals surface area contributed by atoms with Crippen molar-refractivity contribution in [3.05, 3.63) is 51.9 Å². The van der Waals surface area contributed by atoms with Crippen LogP contribution in [0.1, 0.15) is 5.56 Å². The van der Waals surface area contributed by atoms with Crippen LogP contribution in [0.5, 0.6) is 17.2 Å². The Kier molecular flexibility index (Phi) is 4.52. The Morgan fingerprint density at radius 2 is 2.04 bits per heavy atom. The van der Waals surface area contributed by atoms with Gasteiger partial charge in [-0.3, -0.25) is 9.69 Å². The molecule has 2 aliphatic rings. The third-order valence-corrected chi connectivity index (χ3v) is 5.48. The topological polar surface area (TPSA) is 48.0 Å². The SMILES string of the molecule is COc1ccc(N2C(=O)/C(=C/c3ccc4c(c3)OCO4)SC2=S)cc1Cl. The van der Waals surface area contributed by atoms with Gasteiger partial charge in [-0.2, -0.15) is 0 Å². The van der Waals surface area contributed by atoms with E-state index in [1.165, 1.54) is 23.8 Å². The van der Waals surface area contributed by atoms with Gasteiger partial charge >= 0.3 is 0 Å². The van der Waals surface area contributed by atoms with Crippen LogP contribution in [-0.4, -0.2) is 24.1 Å². The molecule has 0 radical (unpaired) electrons. The quantitative estimate of drug-likeness (QED) is 0.554. The number of fused-ring (bicyclic) bond motifs is 1. The summed E-state index contributed by atoms with van der Waals surface area (Å²) >= 11 is 12.8. The Hall–Kier alpha value is -2.22. The highest BCUT2D eigenvalue weighted by Crippen LogP contribution is 2.39. The number of halogens is 1. The zero-order valence-electron chi connectivity index (χ0n) is 13.5. The van der Waals surface area contributed by atoms with E-state index in [4.69, 9.17) is 38.0 Å². The molecule has 0 unspecified atom stereocenters. The monoisotopic (exact) mass is 405 g/mol. The molecule has 26 heavy (non-hydrogen) atoms. The predicted octanol–water partition coefficient (Wildman–Crippen LogP) is 4.48. The number of carbonyl (C=O) groups excluding carboxylic acids is 1. The van der Waals surface area contributed by atoms with Gasteiger partial charge < -0.3 is 14.2 Å². The molecule has 2 aliphatic heterocycles. The van der Waals surface area contributed by atoms with Crippen molar-refractivity contribution < 1.29 is 19.0 Å². The van der Waals surface area contributed by atoms with Crippen molar-refractivity contribution in [2.45, 2.75) is 0 Å². The molecule has 0 aromatic heterocycles. The largest absolute Gasteiger partial charge is 0.495 e. The second-order valence-corrected chi connectivity index (χ2v) is 7.53. The van der Waals surface area contributed by atoms with Gasteiger partial charge in [0.2, 0.25) is 6.79 Å². The summed E-state index contributed by atoms with van der Waals surface area (Å²) in [6.07, 6.45) is 1.78. The summed E-state index contributed by atoms with van der Waals surface area (Å²) in [5.41, 5.74) is 1.44. The van der Waals surface area contributed by atoms with E-state index in [1.54, 1.807) is 24.3 Å². The standard InChI is InChI=1S/C18H12ClNO4S2/c1-22-13-5-3-11(8-12(13)19)20-17(21)16(26-18(20)25)7-10-2-4-14-15(6-10)24-9-23-14/h2-8H,9H2,1H3/b16-7-. The molecule has 0 bridgehead atoms. The summed E-state index contributed by atoms with van der Waals surface area (Å²) < 4.78 is 16.3. The highest BCUT2D eigenvalue weighted by molar-refractivity contribution is 8.27. The van der Waals surface area contributed by atoms with Crippen LogP contribution in [-0.2, 0) is 4.79 Å². The highest BCUT2D eigenvalue weighted by Gasteiger charge is 2.33. The molecule has 8 heteroatoms. The first kappa shape index (κ1) is 17.2. The Balaban J connectivity index is 1.64. The second kappa shape index (κ2) is 6.83. The number of carbonyl (C=O) groups is 1. The van der Waals surface area contributed by atoms with Crippen LogP contribution in [0.2, 0.25) is 5.02 Å².